The van der Waals surface area contributed by atoms with Crippen molar-refractivity contribution in [2.24, 2.45) is 0 Å². The molecule has 0 radical (unpaired) electrons. The fraction of sp³-hybridized carbons (Fsp3) is 0.333. The zero-order valence-electron chi connectivity index (χ0n) is 10.4. The van der Waals surface area contributed by atoms with E-state index in [1.54, 1.807) is 6.26 Å². The Balaban J connectivity index is 1.48. The second kappa shape index (κ2) is 5.27. The average molecular weight is 242 g/mol. The number of hydrogen-bond donors (Lipinski definition) is 2. The van der Waals surface area contributed by atoms with Gasteiger partial charge >= 0.3 is 0 Å². The summed E-state index contributed by atoms with van der Waals surface area (Å²) in [4.78, 5) is 0. The van der Waals surface area contributed by atoms with Gasteiger partial charge in [-0.1, -0.05) is 12.1 Å². The number of benzene rings is 1. The summed E-state index contributed by atoms with van der Waals surface area (Å²) < 4.78 is 5.30. The second-order valence-electron chi connectivity index (χ2n) is 4.67. The van der Waals surface area contributed by atoms with E-state index in [0.717, 1.165) is 38.2 Å². The van der Waals surface area contributed by atoms with Gasteiger partial charge in [0.2, 0.25) is 0 Å². The Labute approximate surface area is 107 Å². The molecular weight excluding hydrogens is 224 g/mol. The molecule has 2 N–H and O–H groups in total. The molecule has 3 rings (SSSR count). The van der Waals surface area contributed by atoms with Gasteiger partial charge in [0.15, 0.2) is 0 Å². The Bertz CT molecular complexity index is 505. The van der Waals surface area contributed by atoms with E-state index in [-0.39, 0.29) is 0 Å². The van der Waals surface area contributed by atoms with Gasteiger partial charge in [-0.3, -0.25) is 0 Å². The van der Waals surface area contributed by atoms with E-state index in [9.17, 15) is 0 Å². The molecule has 0 saturated carbocycles. The van der Waals surface area contributed by atoms with Crippen molar-refractivity contribution in [1.29, 1.82) is 0 Å². The number of rotatable bonds is 5. The highest BCUT2D eigenvalue weighted by Crippen LogP contribution is 2.22. The zero-order valence-corrected chi connectivity index (χ0v) is 10.4. The topological polar surface area (TPSA) is 37.2 Å². The van der Waals surface area contributed by atoms with Crippen LogP contribution in [0.2, 0.25) is 0 Å². The molecule has 0 bridgehead atoms. The first-order chi connectivity index (χ1) is 8.92. The van der Waals surface area contributed by atoms with Crippen molar-refractivity contribution in [3.05, 3.63) is 53.5 Å². The monoisotopic (exact) mass is 242 g/mol. The van der Waals surface area contributed by atoms with Gasteiger partial charge in [-0.15, -0.1) is 0 Å². The molecular formula is C15H18N2O. The van der Waals surface area contributed by atoms with Gasteiger partial charge in [-0.05, 0) is 35.7 Å². The van der Waals surface area contributed by atoms with Crippen LogP contribution in [0.3, 0.4) is 0 Å². The molecule has 2 heterocycles. The number of fused-ring (bicyclic) bond motifs is 1. The molecule has 3 heteroatoms. The molecule has 1 aromatic carbocycles. The first-order valence-electron chi connectivity index (χ1n) is 6.50. The van der Waals surface area contributed by atoms with E-state index in [1.807, 2.05) is 12.1 Å². The SMILES string of the molecule is c1coc(CCNCc2ccc3c(c2)CCN3)c1. The minimum Gasteiger partial charge on any atom is -0.469 e. The largest absolute Gasteiger partial charge is 0.469 e. The molecule has 1 aliphatic heterocycles. The predicted octanol–water partition coefficient (Wildman–Crippen LogP) is 2.58. The molecule has 18 heavy (non-hydrogen) atoms. The lowest BCUT2D eigenvalue weighted by Crippen LogP contribution is -2.16. The van der Waals surface area contributed by atoms with E-state index in [1.165, 1.54) is 16.8 Å². The van der Waals surface area contributed by atoms with Crippen LogP contribution in [0.25, 0.3) is 0 Å². The second-order valence-corrected chi connectivity index (χ2v) is 4.67. The summed E-state index contributed by atoms with van der Waals surface area (Å²) in [5.41, 5.74) is 4.10. The van der Waals surface area contributed by atoms with Crippen LogP contribution in [0.15, 0.2) is 41.0 Å². The third-order valence-corrected chi connectivity index (χ3v) is 3.34. The van der Waals surface area contributed by atoms with Gasteiger partial charge in [0.1, 0.15) is 5.76 Å². The highest BCUT2D eigenvalue weighted by molar-refractivity contribution is 5.56. The molecule has 0 unspecified atom stereocenters. The van der Waals surface area contributed by atoms with Crippen molar-refractivity contribution in [2.45, 2.75) is 19.4 Å². The van der Waals surface area contributed by atoms with Gasteiger partial charge in [0.05, 0.1) is 6.26 Å². The van der Waals surface area contributed by atoms with Gasteiger partial charge in [-0.25, -0.2) is 0 Å². The van der Waals surface area contributed by atoms with Crippen LogP contribution in [-0.4, -0.2) is 13.1 Å². The van der Waals surface area contributed by atoms with E-state index >= 15 is 0 Å². The summed E-state index contributed by atoms with van der Waals surface area (Å²) in [6, 6.07) is 10.6. The summed E-state index contributed by atoms with van der Waals surface area (Å²) in [5.74, 6) is 1.04. The van der Waals surface area contributed by atoms with E-state index in [0.29, 0.717) is 0 Å². The molecule has 2 aromatic rings. The highest BCUT2D eigenvalue weighted by atomic mass is 16.3. The minimum absolute atomic E-state index is 0.925. The Kier molecular flexibility index (Phi) is 3.33. The molecule has 0 spiro atoms. The van der Waals surface area contributed by atoms with Gasteiger partial charge < -0.3 is 15.1 Å². The van der Waals surface area contributed by atoms with E-state index in [2.05, 4.69) is 28.8 Å². The van der Waals surface area contributed by atoms with Crippen LogP contribution < -0.4 is 10.6 Å². The normalized spacial score (nSPS) is 13.3. The molecule has 1 aliphatic rings. The molecule has 0 fully saturated rings. The molecule has 0 amide bonds. The number of nitrogens with one attached hydrogen (secondary N) is 2. The highest BCUT2D eigenvalue weighted by Gasteiger charge is 2.09. The molecule has 0 saturated heterocycles. The van der Waals surface area contributed by atoms with Crippen LogP contribution in [0.4, 0.5) is 5.69 Å². The van der Waals surface area contributed by atoms with Crippen LogP contribution >= 0.6 is 0 Å². The fourth-order valence-corrected chi connectivity index (χ4v) is 2.37. The summed E-state index contributed by atoms with van der Waals surface area (Å²) in [7, 11) is 0. The molecule has 0 atom stereocenters. The Morgan fingerprint density at radius 3 is 3.17 bits per heavy atom. The molecule has 0 aliphatic carbocycles. The predicted molar refractivity (Wildman–Crippen MR) is 72.8 cm³/mol. The van der Waals surface area contributed by atoms with Crippen molar-refractivity contribution in [3.8, 4) is 0 Å². The maximum absolute atomic E-state index is 5.30. The standard InChI is InChI=1S/C15H18N2O/c1-2-14(18-9-1)6-7-16-11-12-3-4-15-13(10-12)5-8-17-15/h1-4,9-10,16-17H,5-8,11H2. The number of hydrogen-bond acceptors (Lipinski definition) is 3. The van der Waals surface area contributed by atoms with Crippen molar-refractivity contribution < 1.29 is 4.42 Å². The maximum atomic E-state index is 5.30. The summed E-state index contributed by atoms with van der Waals surface area (Å²) in [6.45, 7) is 2.95. The van der Waals surface area contributed by atoms with E-state index < -0.39 is 0 Å². The van der Waals surface area contributed by atoms with Crippen LogP contribution in [0.5, 0.6) is 0 Å². The van der Waals surface area contributed by atoms with E-state index in [4.69, 9.17) is 4.42 Å². The van der Waals surface area contributed by atoms with Gasteiger partial charge in [-0.2, -0.15) is 0 Å². The summed E-state index contributed by atoms with van der Waals surface area (Å²) in [5, 5.41) is 6.83. The quantitative estimate of drug-likeness (QED) is 0.791. The van der Waals surface area contributed by atoms with Gasteiger partial charge in [0, 0.05) is 31.7 Å². The van der Waals surface area contributed by atoms with Gasteiger partial charge in [0.25, 0.3) is 0 Å². The fourth-order valence-electron chi connectivity index (χ4n) is 2.37. The first-order valence-corrected chi connectivity index (χ1v) is 6.50. The van der Waals surface area contributed by atoms with Crippen molar-refractivity contribution in [3.63, 3.8) is 0 Å². The maximum Gasteiger partial charge on any atom is 0.105 e. The average Bonchev–Trinajstić information content (AvgIpc) is 3.05. The van der Waals surface area contributed by atoms with Crippen molar-refractivity contribution in [1.82, 2.24) is 5.32 Å². The molecule has 1 aromatic heterocycles. The zero-order chi connectivity index (χ0) is 12.2. The van der Waals surface area contributed by atoms with Crippen LogP contribution in [-0.2, 0) is 19.4 Å². The third-order valence-electron chi connectivity index (χ3n) is 3.34. The Hall–Kier alpha value is -1.74. The number of furan rings is 1. The Morgan fingerprint density at radius 2 is 2.28 bits per heavy atom. The van der Waals surface area contributed by atoms with Crippen molar-refractivity contribution in [2.75, 3.05) is 18.4 Å². The Morgan fingerprint density at radius 1 is 1.28 bits per heavy atom. The van der Waals surface area contributed by atoms with Crippen LogP contribution in [0.1, 0.15) is 16.9 Å². The van der Waals surface area contributed by atoms with Crippen molar-refractivity contribution >= 4 is 5.69 Å². The lowest BCUT2D eigenvalue weighted by molar-refractivity contribution is 0.499. The van der Waals surface area contributed by atoms with Crippen LogP contribution in [0, 0.1) is 0 Å². The smallest absolute Gasteiger partial charge is 0.105 e. The minimum atomic E-state index is 0.925. The number of anilines is 1. The first kappa shape index (κ1) is 11.4. The molecule has 3 nitrogen and oxygen atoms in total. The third kappa shape index (κ3) is 2.57. The molecule has 94 valence electrons. The lowest BCUT2D eigenvalue weighted by Gasteiger charge is -2.06. The lowest BCUT2D eigenvalue weighted by atomic mass is 10.1. The summed E-state index contributed by atoms with van der Waals surface area (Å²) >= 11 is 0. The summed E-state index contributed by atoms with van der Waals surface area (Å²) in [6.07, 6.45) is 3.82.